The maximum absolute atomic E-state index is 2.52. The largest absolute Gasteiger partial charge is 0.0879 e. The summed E-state index contributed by atoms with van der Waals surface area (Å²) in [7, 11) is 0. The van der Waals surface area contributed by atoms with Crippen molar-refractivity contribution >= 4 is 0 Å². The lowest BCUT2D eigenvalue weighted by Crippen LogP contribution is -2.24. The molecule has 13 heavy (non-hydrogen) atoms. The Morgan fingerprint density at radius 2 is 2.00 bits per heavy atom. The monoisotopic (exact) mass is 176 g/mol. The molecule has 3 rings (SSSR count). The van der Waals surface area contributed by atoms with Crippen molar-refractivity contribution < 1.29 is 0 Å². The van der Waals surface area contributed by atoms with E-state index in [1.165, 1.54) is 25.7 Å². The predicted molar refractivity (Wildman–Crippen MR) is 55.3 cm³/mol. The number of allylic oxidation sites excluding steroid dienone is 2. The van der Waals surface area contributed by atoms with E-state index in [-0.39, 0.29) is 0 Å². The molecule has 0 N–H and O–H groups in total. The van der Waals surface area contributed by atoms with E-state index in [4.69, 9.17) is 0 Å². The quantitative estimate of drug-likeness (QED) is 0.494. The third-order valence-corrected chi connectivity index (χ3v) is 5.15. The molecular formula is C13H20. The van der Waals surface area contributed by atoms with Gasteiger partial charge in [0, 0.05) is 0 Å². The van der Waals surface area contributed by atoms with Gasteiger partial charge < -0.3 is 0 Å². The van der Waals surface area contributed by atoms with Crippen LogP contribution < -0.4 is 0 Å². The van der Waals surface area contributed by atoms with Gasteiger partial charge in [0.05, 0.1) is 0 Å². The minimum Gasteiger partial charge on any atom is -0.0879 e. The van der Waals surface area contributed by atoms with Crippen LogP contribution in [-0.4, -0.2) is 0 Å². The third-order valence-electron chi connectivity index (χ3n) is 5.15. The van der Waals surface area contributed by atoms with E-state index in [0.717, 1.165) is 23.7 Å². The summed E-state index contributed by atoms with van der Waals surface area (Å²) < 4.78 is 0. The molecule has 0 heterocycles. The van der Waals surface area contributed by atoms with Crippen LogP contribution in [0.1, 0.15) is 39.5 Å². The highest BCUT2D eigenvalue weighted by atomic mass is 14.6. The Balaban J connectivity index is 2.00. The Kier molecular flexibility index (Phi) is 1.49. The maximum Gasteiger partial charge on any atom is -0.0145 e. The van der Waals surface area contributed by atoms with E-state index in [0.29, 0.717) is 5.41 Å². The summed E-state index contributed by atoms with van der Waals surface area (Å²) in [5, 5.41) is 0. The predicted octanol–water partition coefficient (Wildman–Crippen LogP) is 3.63. The van der Waals surface area contributed by atoms with Crippen LogP contribution in [0, 0.1) is 29.1 Å². The Morgan fingerprint density at radius 1 is 1.15 bits per heavy atom. The number of hydrogen-bond acceptors (Lipinski definition) is 0. The van der Waals surface area contributed by atoms with Gasteiger partial charge in [0.2, 0.25) is 0 Å². The van der Waals surface area contributed by atoms with Crippen LogP contribution >= 0.6 is 0 Å². The smallest absolute Gasteiger partial charge is 0.0145 e. The van der Waals surface area contributed by atoms with E-state index in [1.54, 1.807) is 0 Å². The molecule has 2 saturated carbocycles. The molecule has 0 aromatic rings. The van der Waals surface area contributed by atoms with Crippen LogP contribution in [-0.2, 0) is 0 Å². The van der Waals surface area contributed by atoms with Crippen molar-refractivity contribution in [3.05, 3.63) is 12.2 Å². The Bertz CT molecular complexity index is 249. The van der Waals surface area contributed by atoms with Crippen LogP contribution in [0.25, 0.3) is 0 Å². The fourth-order valence-corrected chi connectivity index (χ4v) is 4.58. The summed E-state index contributed by atoms with van der Waals surface area (Å²) >= 11 is 0. The molecule has 0 spiro atoms. The number of fused-ring (bicyclic) bond motifs is 3. The molecule has 0 heteroatoms. The van der Waals surface area contributed by atoms with Crippen molar-refractivity contribution in [2.24, 2.45) is 29.1 Å². The first kappa shape index (κ1) is 8.08. The van der Waals surface area contributed by atoms with E-state index >= 15 is 0 Å². The minimum atomic E-state index is 0.610. The van der Waals surface area contributed by atoms with Crippen molar-refractivity contribution in [1.29, 1.82) is 0 Å². The highest BCUT2D eigenvalue weighted by Gasteiger charge is 2.55. The van der Waals surface area contributed by atoms with Gasteiger partial charge in [0.25, 0.3) is 0 Å². The van der Waals surface area contributed by atoms with Gasteiger partial charge >= 0.3 is 0 Å². The molecule has 2 fully saturated rings. The van der Waals surface area contributed by atoms with Crippen molar-refractivity contribution in [2.45, 2.75) is 39.5 Å². The summed E-state index contributed by atoms with van der Waals surface area (Å²) in [6.07, 6.45) is 10.9. The molecule has 3 aliphatic carbocycles. The SMILES string of the molecule is CC1(C)[C@@H]2CCC[C@@H]2[C@@H]2CC=C[C@@H]21. The molecule has 0 nitrogen and oxygen atoms in total. The second kappa shape index (κ2) is 2.40. The lowest BCUT2D eigenvalue weighted by molar-refractivity contribution is 0.203. The van der Waals surface area contributed by atoms with Gasteiger partial charge in [-0.05, 0) is 48.3 Å². The molecule has 0 bridgehead atoms. The fourth-order valence-electron chi connectivity index (χ4n) is 4.58. The van der Waals surface area contributed by atoms with Crippen LogP contribution in [0.4, 0.5) is 0 Å². The first-order chi connectivity index (χ1) is 6.21. The molecular weight excluding hydrogens is 156 g/mol. The molecule has 0 saturated heterocycles. The molecule has 0 aliphatic heterocycles. The van der Waals surface area contributed by atoms with Gasteiger partial charge in [-0.15, -0.1) is 0 Å². The summed E-state index contributed by atoms with van der Waals surface area (Å²) in [5.74, 6) is 4.08. The average Bonchev–Trinajstić information content (AvgIpc) is 2.74. The minimum absolute atomic E-state index is 0.610. The van der Waals surface area contributed by atoms with Crippen LogP contribution in [0.5, 0.6) is 0 Å². The van der Waals surface area contributed by atoms with Crippen molar-refractivity contribution in [3.63, 3.8) is 0 Å². The molecule has 0 radical (unpaired) electrons. The average molecular weight is 176 g/mol. The zero-order valence-electron chi connectivity index (χ0n) is 8.79. The van der Waals surface area contributed by atoms with Gasteiger partial charge in [-0.25, -0.2) is 0 Å². The maximum atomic E-state index is 2.52. The highest BCUT2D eigenvalue weighted by molar-refractivity contribution is 5.16. The van der Waals surface area contributed by atoms with Gasteiger partial charge in [-0.1, -0.05) is 32.4 Å². The summed E-state index contributed by atoms with van der Waals surface area (Å²) in [4.78, 5) is 0. The molecule has 0 aromatic heterocycles. The van der Waals surface area contributed by atoms with Gasteiger partial charge in [-0.3, -0.25) is 0 Å². The molecule has 0 aromatic carbocycles. The Hall–Kier alpha value is -0.260. The standard InChI is InChI=1S/C13H20/c1-13(2)11-7-3-5-9(11)10-6-4-8-12(10)13/h3,7,9-12H,4-6,8H2,1-2H3/t9-,10+,11-,12+/m0/s1. The molecule has 72 valence electrons. The number of rotatable bonds is 0. The van der Waals surface area contributed by atoms with Crippen molar-refractivity contribution in [3.8, 4) is 0 Å². The molecule has 4 atom stereocenters. The van der Waals surface area contributed by atoms with Crippen molar-refractivity contribution in [2.75, 3.05) is 0 Å². The zero-order valence-corrected chi connectivity index (χ0v) is 8.79. The van der Waals surface area contributed by atoms with Crippen molar-refractivity contribution in [1.82, 2.24) is 0 Å². The van der Waals surface area contributed by atoms with Crippen LogP contribution in [0.15, 0.2) is 12.2 Å². The topological polar surface area (TPSA) is 0 Å². The zero-order chi connectivity index (χ0) is 9.05. The molecule has 3 aliphatic rings. The molecule has 0 unspecified atom stereocenters. The van der Waals surface area contributed by atoms with Gasteiger partial charge in [0.15, 0.2) is 0 Å². The van der Waals surface area contributed by atoms with E-state index in [1.807, 2.05) is 0 Å². The normalized spacial score (nSPS) is 50.9. The van der Waals surface area contributed by atoms with E-state index in [9.17, 15) is 0 Å². The Morgan fingerprint density at radius 3 is 2.85 bits per heavy atom. The van der Waals surface area contributed by atoms with Crippen LogP contribution in [0.3, 0.4) is 0 Å². The summed E-state index contributed by atoms with van der Waals surface area (Å²) in [5.41, 5.74) is 0.610. The van der Waals surface area contributed by atoms with Gasteiger partial charge in [-0.2, -0.15) is 0 Å². The first-order valence-electron chi connectivity index (χ1n) is 5.88. The second-order valence-electron chi connectivity index (χ2n) is 5.88. The van der Waals surface area contributed by atoms with Gasteiger partial charge in [0.1, 0.15) is 0 Å². The first-order valence-corrected chi connectivity index (χ1v) is 5.88. The highest BCUT2D eigenvalue weighted by Crippen LogP contribution is 2.63. The van der Waals surface area contributed by atoms with E-state index in [2.05, 4.69) is 26.0 Å². The fraction of sp³-hybridized carbons (Fsp3) is 0.846. The van der Waals surface area contributed by atoms with Crippen LogP contribution in [0.2, 0.25) is 0 Å². The Labute approximate surface area is 81.4 Å². The second-order valence-corrected chi connectivity index (χ2v) is 5.88. The van der Waals surface area contributed by atoms with E-state index < -0.39 is 0 Å². The summed E-state index contributed by atoms with van der Waals surface area (Å²) in [6, 6.07) is 0. The number of hydrogen-bond donors (Lipinski definition) is 0. The summed E-state index contributed by atoms with van der Waals surface area (Å²) in [6.45, 7) is 5.02. The lowest BCUT2D eigenvalue weighted by Gasteiger charge is -2.30. The molecule has 0 amide bonds. The lowest BCUT2D eigenvalue weighted by atomic mass is 9.74. The third kappa shape index (κ3) is 0.872.